The van der Waals surface area contributed by atoms with Gasteiger partial charge in [0.25, 0.3) is 5.91 Å². The van der Waals surface area contributed by atoms with Gasteiger partial charge in [0.2, 0.25) is 5.91 Å². The molecule has 3 N–H and O–H groups in total. The summed E-state index contributed by atoms with van der Waals surface area (Å²) in [5, 5.41) is 9.48. The van der Waals surface area contributed by atoms with Crippen LogP contribution in [0.25, 0.3) is 6.08 Å². The molecule has 1 atom stereocenters. The number of benzene rings is 1. The quantitative estimate of drug-likeness (QED) is 0.232. The first kappa shape index (κ1) is 25.9. The van der Waals surface area contributed by atoms with Crippen LogP contribution in [0.4, 0.5) is 0 Å². The Morgan fingerprint density at radius 3 is 2.47 bits per heavy atom. The number of hydrogen-bond acceptors (Lipinski definition) is 6. The molecule has 174 valence electrons. The van der Waals surface area contributed by atoms with E-state index in [2.05, 4.69) is 6.92 Å². The van der Waals surface area contributed by atoms with E-state index in [1.165, 1.54) is 25.7 Å². The molecule has 0 saturated carbocycles. The van der Waals surface area contributed by atoms with E-state index >= 15 is 0 Å². The summed E-state index contributed by atoms with van der Waals surface area (Å²) in [5.74, 6) is -1.58. The Labute approximate surface area is 198 Å². The monoisotopic (exact) mass is 478 g/mol. The first-order valence-corrected chi connectivity index (χ1v) is 12.1. The number of carboxylic acids is 1. The van der Waals surface area contributed by atoms with Gasteiger partial charge in [0.1, 0.15) is 16.1 Å². The lowest BCUT2D eigenvalue weighted by atomic mass is 10.1. The molecule has 0 bridgehead atoms. The molecule has 32 heavy (non-hydrogen) atoms. The van der Waals surface area contributed by atoms with Crippen LogP contribution in [0.3, 0.4) is 0 Å². The number of thioether (sulfide) groups is 1. The zero-order valence-electron chi connectivity index (χ0n) is 18.2. The van der Waals surface area contributed by atoms with Gasteiger partial charge in [-0.25, -0.2) is 4.79 Å². The van der Waals surface area contributed by atoms with Crippen LogP contribution in [0, 0.1) is 0 Å². The number of ether oxygens (including phenoxy) is 1. The van der Waals surface area contributed by atoms with E-state index in [9.17, 15) is 19.5 Å². The second-order valence-corrected chi connectivity index (χ2v) is 9.27. The van der Waals surface area contributed by atoms with Gasteiger partial charge in [-0.1, -0.05) is 75.1 Å². The number of nitrogens with zero attached hydrogens (tertiary/aromatic N) is 1. The predicted molar refractivity (Wildman–Crippen MR) is 130 cm³/mol. The van der Waals surface area contributed by atoms with Crippen molar-refractivity contribution in [2.75, 3.05) is 6.61 Å². The molecule has 0 aromatic heterocycles. The van der Waals surface area contributed by atoms with Crippen molar-refractivity contribution in [3.63, 3.8) is 0 Å². The van der Waals surface area contributed by atoms with E-state index < -0.39 is 23.8 Å². The normalized spacial score (nSPS) is 15.9. The number of carboxylic acid groups (broad SMARTS) is 1. The maximum absolute atomic E-state index is 12.8. The average molecular weight is 479 g/mol. The number of carbonyl (C=O) groups excluding carboxylic acids is 2. The minimum absolute atomic E-state index is 0.0883. The van der Waals surface area contributed by atoms with E-state index in [4.69, 9.17) is 22.7 Å². The van der Waals surface area contributed by atoms with Gasteiger partial charge in [-0.3, -0.25) is 14.5 Å². The Hall–Kier alpha value is -2.39. The third-order valence-electron chi connectivity index (χ3n) is 5.03. The van der Waals surface area contributed by atoms with Crippen LogP contribution in [0.5, 0.6) is 5.75 Å². The fourth-order valence-electron chi connectivity index (χ4n) is 3.27. The van der Waals surface area contributed by atoms with E-state index in [1.54, 1.807) is 6.08 Å². The SMILES string of the molecule is CCCCCCCCOc1ccc(/C=C2/SC(=S)N(C(CCC(N)=O)C(=O)O)C2=O)cc1. The molecule has 1 aliphatic rings. The second kappa shape index (κ2) is 13.2. The highest BCUT2D eigenvalue weighted by molar-refractivity contribution is 8.26. The van der Waals surface area contributed by atoms with Crippen LogP contribution in [-0.4, -0.2) is 44.8 Å². The molecule has 1 unspecified atom stereocenters. The number of hydrogen-bond donors (Lipinski definition) is 2. The maximum Gasteiger partial charge on any atom is 0.326 e. The lowest BCUT2D eigenvalue weighted by Gasteiger charge is -2.22. The van der Waals surface area contributed by atoms with Crippen LogP contribution >= 0.6 is 24.0 Å². The summed E-state index contributed by atoms with van der Waals surface area (Å²) in [4.78, 5) is 36.8. The fraction of sp³-hybridized carbons (Fsp3) is 0.478. The zero-order valence-corrected chi connectivity index (χ0v) is 19.9. The molecular weight excluding hydrogens is 448 g/mol. The standard InChI is InChI=1S/C23H30N2O5S2/c1-2-3-4-5-6-7-14-30-17-10-8-16(9-11-17)15-19-21(27)25(23(31)32-19)18(22(28)29)12-13-20(24)26/h8-11,15,18H,2-7,12-14H2,1H3,(H2,24,26)(H,28,29)/b19-15+. The number of primary amides is 1. The van der Waals surface area contributed by atoms with Crippen LogP contribution in [-0.2, 0) is 14.4 Å². The van der Waals surface area contributed by atoms with Gasteiger partial charge in [-0.15, -0.1) is 0 Å². The highest BCUT2D eigenvalue weighted by atomic mass is 32.2. The molecular formula is C23H30N2O5S2. The van der Waals surface area contributed by atoms with Gasteiger partial charge in [0.15, 0.2) is 0 Å². The molecule has 1 saturated heterocycles. The van der Waals surface area contributed by atoms with Crippen molar-refractivity contribution in [3.8, 4) is 5.75 Å². The van der Waals surface area contributed by atoms with Crippen LogP contribution in [0.2, 0.25) is 0 Å². The first-order chi connectivity index (χ1) is 15.3. The summed E-state index contributed by atoms with van der Waals surface area (Å²) in [6.07, 6.45) is 8.65. The van der Waals surface area contributed by atoms with E-state index in [0.29, 0.717) is 11.5 Å². The van der Waals surface area contributed by atoms with E-state index in [0.717, 1.165) is 40.8 Å². The van der Waals surface area contributed by atoms with E-state index in [-0.39, 0.29) is 17.2 Å². The van der Waals surface area contributed by atoms with Gasteiger partial charge < -0.3 is 15.6 Å². The summed E-state index contributed by atoms with van der Waals surface area (Å²) < 4.78 is 5.92. The van der Waals surface area contributed by atoms with Crippen molar-refractivity contribution in [3.05, 3.63) is 34.7 Å². The van der Waals surface area contributed by atoms with Crippen LogP contribution < -0.4 is 10.5 Å². The smallest absolute Gasteiger partial charge is 0.326 e. The highest BCUT2D eigenvalue weighted by Crippen LogP contribution is 2.35. The molecule has 1 aromatic rings. The van der Waals surface area contributed by atoms with Crippen LogP contribution in [0.15, 0.2) is 29.2 Å². The third kappa shape index (κ3) is 7.94. The van der Waals surface area contributed by atoms with Crippen molar-refractivity contribution < 1.29 is 24.2 Å². The van der Waals surface area contributed by atoms with Gasteiger partial charge in [0, 0.05) is 6.42 Å². The summed E-state index contributed by atoms with van der Waals surface area (Å²) >= 11 is 6.27. The minimum Gasteiger partial charge on any atom is -0.494 e. The number of unbranched alkanes of at least 4 members (excludes halogenated alkanes) is 5. The Morgan fingerprint density at radius 2 is 1.84 bits per heavy atom. The zero-order chi connectivity index (χ0) is 23.5. The van der Waals surface area contributed by atoms with Crippen molar-refractivity contribution in [1.82, 2.24) is 4.90 Å². The Bertz CT molecular complexity index is 854. The molecule has 9 heteroatoms. The van der Waals surface area contributed by atoms with Crippen molar-refractivity contribution in [2.45, 2.75) is 64.3 Å². The highest BCUT2D eigenvalue weighted by Gasteiger charge is 2.40. The fourth-order valence-corrected chi connectivity index (χ4v) is 4.63. The molecule has 7 nitrogen and oxygen atoms in total. The molecule has 0 aliphatic carbocycles. The third-order valence-corrected chi connectivity index (χ3v) is 6.36. The number of thiocarbonyl (C=S) groups is 1. The second-order valence-electron chi connectivity index (χ2n) is 7.60. The van der Waals surface area contributed by atoms with Gasteiger partial charge >= 0.3 is 5.97 Å². The average Bonchev–Trinajstić information content (AvgIpc) is 3.02. The maximum atomic E-state index is 12.8. The molecule has 1 aromatic carbocycles. The Kier molecular flexibility index (Phi) is 10.7. The van der Waals surface area contributed by atoms with E-state index in [1.807, 2.05) is 24.3 Å². The largest absolute Gasteiger partial charge is 0.494 e. The first-order valence-electron chi connectivity index (χ1n) is 10.8. The summed E-state index contributed by atoms with van der Waals surface area (Å²) in [6, 6.07) is 6.14. The number of rotatable bonds is 14. The summed E-state index contributed by atoms with van der Waals surface area (Å²) in [5.41, 5.74) is 5.90. The summed E-state index contributed by atoms with van der Waals surface area (Å²) in [7, 11) is 0. The minimum atomic E-state index is -1.23. The lowest BCUT2D eigenvalue weighted by molar-refractivity contribution is -0.145. The molecule has 1 aliphatic heterocycles. The van der Waals surface area contributed by atoms with Gasteiger partial charge in [-0.2, -0.15) is 0 Å². The topological polar surface area (TPSA) is 110 Å². The number of carbonyl (C=O) groups is 3. The van der Waals surface area contributed by atoms with Crippen molar-refractivity contribution in [2.24, 2.45) is 5.73 Å². The molecule has 2 rings (SSSR count). The molecule has 1 heterocycles. The van der Waals surface area contributed by atoms with Gasteiger partial charge in [0.05, 0.1) is 11.5 Å². The van der Waals surface area contributed by atoms with Crippen molar-refractivity contribution in [1.29, 1.82) is 0 Å². The van der Waals surface area contributed by atoms with Crippen molar-refractivity contribution >= 4 is 52.2 Å². The molecule has 1 fully saturated rings. The number of amides is 2. The van der Waals surface area contributed by atoms with Crippen LogP contribution in [0.1, 0.15) is 63.9 Å². The predicted octanol–water partition coefficient (Wildman–Crippen LogP) is 4.35. The lowest BCUT2D eigenvalue weighted by Crippen LogP contribution is -2.44. The molecule has 0 radical (unpaired) electrons. The Balaban J connectivity index is 1.94. The molecule has 2 amide bonds. The number of aliphatic carboxylic acids is 1. The number of nitrogens with two attached hydrogens (primary N) is 1. The Morgan fingerprint density at radius 1 is 1.19 bits per heavy atom. The molecule has 0 spiro atoms. The summed E-state index contributed by atoms with van der Waals surface area (Å²) in [6.45, 7) is 2.87. The van der Waals surface area contributed by atoms with Gasteiger partial charge in [-0.05, 0) is 36.6 Å².